The van der Waals surface area contributed by atoms with Gasteiger partial charge in [-0.25, -0.2) is 4.98 Å². The number of H-pyrrole nitrogens is 1. The Labute approximate surface area is 101 Å². The predicted molar refractivity (Wildman–Crippen MR) is 64.8 cm³/mol. The molecule has 0 spiro atoms. The first-order chi connectivity index (χ1) is 7.66. The largest absolute Gasteiger partial charge is 0.324 e. The third kappa shape index (κ3) is 2.31. The van der Waals surface area contributed by atoms with E-state index < -0.39 is 0 Å². The zero-order chi connectivity index (χ0) is 11.5. The van der Waals surface area contributed by atoms with Crippen molar-refractivity contribution >= 4 is 35.3 Å². The van der Waals surface area contributed by atoms with Gasteiger partial charge >= 0.3 is 0 Å². The van der Waals surface area contributed by atoms with E-state index in [9.17, 15) is 4.79 Å². The number of amides is 1. The standard InChI is InChI=1S/C9H8N4OS2/c1-5(14)11-7-4-10-3-2-6(7)8-12-9(15)16-13-8/h2-4H,1H3,(H,11,14)(H,12,13,15). The Morgan fingerprint density at radius 2 is 2.44 bits per heavy atom. The Balaban J connectivity index is 2.47. The van der Waals surface area contributed by atoms with Gasteiger partial charge in [0.25, 0.3) is 0 Å². The topological polar surface area (TPSA) is 70.7 Å². The first-order valence-electron chi connectivity index (χ1n) is 4.44. The normalized spacial score (nSPS) is 10.1. The second-order valence-corrected chi connectivity index (χ2v) is 4.47. The molecule has 0 fully saturated rings. The lowest BCUT2D eigenvalue weighted by molar-refractivity contribution is -0.114. The second kappa shape index (κ2) is 4.50. The Hall–Kier alpha value is -1.60. The summed E-state index contributed by atoms with van der Waals surface area (Å²) in [6.07, 6.45) is 3.21. The molecule has 0 aliphatic carbocycles. The number of rotatable bonds is 2. The number of carbonyl (C=O) groups excluding carboxylic acids is 1. The average Bonchev–Trinajstić information content (AvgIpc) is 2.65. The zero-order valence-electron chi connectivity index (χ0n) is 8.35. The van der Waals surface area contributed by atoms with Crippen molar-refractivity contribution in [2.45, 2.75) is 6.92 Å². The van der Waals surface area contributed by atoms with Crippen LogP contribution < -0.4 is 5.32 Å². The second-order valence-electron chi connectivity index (χ2n) is 3.03. The first-order valence-corrected chi connectivity index (χ1v) is 5.67. The molecular weight excluding hydrogens is 244 g/mol. The van der Waals surface area contributed by atoms with E-state index in [0.29, 0.717) is 15.5 Å². The molecule has 0 aliphatic heterocycles. The highest BCUT2D eigenvalue weighted by atomic mass is 32.2. The Morgan fingerprint density at radius 3 is 3.06 bits per heavy atom. The van der Waals surface area contributed by atoms with Crippen LogP contribution in [0, 0.1) is 3.95 Å². The summed E-state index contributed by atoms with van der Waals surface area (Å²) in [5.41, 5.74) is 1.39. The molecule has 2 aromatic heterocycles. The van der Waals surface area contributed by atoms with Crippen LogP contribution in [0.2, 0.25) is 0 Å². The highest BCUT2D eigenvalue weighted by Gasteiger charge is 2.08. The smallest absolute Gasteiger partial charge is 0.221 e. The fraction of sp³-hybridized carbons (Fsp3) is 0.111. The number of carbonyl (C=O) groups is 1. The van der Waals surface area contributed by atoms with Gasteiger partial charge in [-0.2, -0.15) is 0 Å². The molecule has 0 aromatic carbocycles. The summed E-state index contributed by atoms with van der Waals surface area (Å²) >= 11 is 6.21. The molecule has 0 unspecified atom stereocenters. The van der Waals surface area contributed by atoms with Crippen LogP contribution >= 0.6 is 23.8 Å². The third-order valence-electron chi connectivity index (χ3n) is 1.83. The summed E-state index contributed by atoms with van der Waals surface area (Å²) in [7, 11) is 0. The molecule has 2 aromatic rings. The molecule has 0 saturated heterocycles. The fourth-order valence-corrected chi connectivity index (χ4v) is 1.93. The number of nitrogens with zero attached hydrogens (tertiary/aromatic N) is 2. The van der Waals surface area contributed by atoms with E-state index in [2.05, 4.69) is 19.7 Å². The van der Waals surface area contributed by atoms with Gasteiger partial charge in [-0.05, 0) is 29.8 Å². The molecule has 82 valence electrons. The first kappa shape index (κ1) is 10.9. The molecule has 2 N–H and O–H groups in total. The summed E-state index contributed by atoms with van der Waals surface area (Å²) in [5, 5.41) is 2.69. The predicted octanol–water partition coefficient (Wildman–Crippen LogP) is 2.22. The molecule has 2 rings (SSSR count). The summed E-state index contributed by atoms with van der Waals surface area (Å²) in [5.74, 6) is 0.490. The van der Waals surface area contributed by atoms with E-state index in [0.717, 1.165) is 5.56 Å². The summed E-state index contributed by atoms with van der Waals surface area (Å²) in [4.78, 5) is 19.1. The van der Waals surface area contributed by atoms with Crippen molar-refractivity contribution in [3.05, 3.63) is 22.4 Å². The molecule has 0 aliphatic rings. The maximum absolute atomic E-state index is 11.0. The minimum Gasteiger partial charge on any atom is -0.324 e. The Kier molecular flexibility index (Phi) is 3.07. The maximum atomic E-state index is 11.0. The maximum Gasteiger partial charge on any atom is 0.221 e. The summed E-state index contributed by atoms with van der Waals surface area (Å²) in [6, 6.07) is 1.77. The van der Waals surface area contributed by atoms with Crippen molar-refractivity contribution in [3.63, 3.8) is 0 Å². The molecule has 2 heterocycles. The molecule has 16 heavy (non-hydrogen) atoms. The van der Waals surface area contributed by atoms with Crippen molar-refractivity contribution in [2.75, 3.05) is 5.32 Å². The van der Waals surface area contributed by atoms with Gasteiger partial charge in [-0.1, -0.05) is 0 Å². The molecule has 7 heteroatoms. The fourth-order valence-electron chi connectivity index (χ4n) is 1.23. The summed E-state index contributed by atoms with van der Waals surface area (Å²) < 4.78 is 3.51. The number of hydrogen-bond donors (Lipinski definition) is 2. The van der Waals surface area contributed by atoms with Gasteiger partial charge in [0.05, 0.1) is 11.9 Å². The number of pyridine rings is 1. The van der Waals surface area contributed by atoms with Crippen molar-refractivity contribution in [2.24, 2.45) is 0 Å². The van der Waals surface area contributed by atoms with Crippen LogP contribution in [0.1, 0.15) is 6.92 Å². The monoisotopic (exact) mass is 252 g/mol. The van der Waals surface area contributed by atoms with Gasteiger partial charge in [-0.15, -0.1) is 0 Å². The third-order valence-corrected chi connectivity index (χ3v) is 2.73. The van der Waals surface area contributed by atoms with Crippen LogP contribution in [-0.2, 0) is 4.79 Å². The highest BCUT2D eigenvalue weighted by molar-refractivity contribution is 7.73. The van der Waals surface area contributed by atoms with Gasteiger partial charge in [0.1, 0.15) is 0 Å². The van der Waals surface area contributed by atoms with E-state index in [-0.39, 0.29) is 5.91 Å². The van der Waals surface area contributed by atoms with Gasteiger partial charge < -0.3 is 5.32 Å². The quantitative estimate of drug-likeness (QED) is 0.804. The Bertz CT molecular complexity index is 575. The minimum absolute atomic E-state index is 0.150. The van der Waals surface area contributed by atoms with Crippen molar-refractivity contribution in [1.29, 1.82) is 0 Å². The van der Waals surface area contributed by atoms with E-state index >= 15 is 0 Å². The molecule has 0 bridgehead atoms. The van der Waals surface area contributed by atoms with Crippen LogP contribution in [0.3, 0.4) is 0 Å². The van der Waals surface area contributed by atoms with Gasteiger partial charge in [0.15, 0.2) is 9.78 Å². The summed E-state index contributed by atoms with van der Waals surface area (Å²) in [6.45, 7) is 1.44. The zero-order valence-corrected chi connectivity index (χ0v) is 9.98. The molecule has 0 radical (unpaired) electrons. The molecule has 0 saturated carbocycles. The van der Waals surface area contributed by atoms with E-state index in [1.54, 1.807) is 18.5 Å². The lowest BCUT2D eigenvalue weighted by Gasteiger charge is -2.05. The highest BCUT2D eigenvalue weighted by Crippen LogP contribution is 2.24. The van der Waals surface area contributed by atoms with E-state index in [1.165, 1.54) is 18.5 Å². The van der Waals surface area contributed by atoms with Crippen LogP contribution in [0.25, 0.3) is 11.4 Å². The van der Waals surface area contributed by atoms with Crippen LogP contribution in [0.5, 0.6) is 0 Å². The molecule has 1 amide bonds. The van der Waals surface area contributed by atoms with Crippen LogP contribution in [0.4, 0.5) is 5.69 Å². The van der Waals surface area contributed by atoms with E-state index in [4.69, 9.17) is 12.2 Å². The average molecular weight is 252 g/mol. The number of aromatic amines is 1. The number of nitrogens with one attached hydrogen (secondary N) is 2. The SMILES string of the molecule is CC(=O)Nc1cnccc1-c1nc(=S)s[nH]1. The minimum atomic E-state index is -0.150. The Morgan fingerprint density at radius 1 is 1.62 bits per heavy atom. The van der Waals surface area contributed by atoms with Crippen molar-refractivity contribution in [1.82, 2.24) is 14.3 Å². The van der Waals surface area contributed by atoms with Crippen molar-refractivity contribution < 1.29 is 4.79 Å². The van der Waals surface area contributed by atoms with Crippen LogP contribution in [0.15, 0.2) is 18.5 Å². The lowest BCUT2D eigenvalue weighted by atomic mass is 10.2. The molecule has 5 nitrogen and oxygen atoms in total. The number of aromatic nitrogens is 3. The van der Waals surface area contributed by atoms with Gasteiger partial charge in [0.2, 0.25) is 5.91 Å². The van der Waals surface area contributed by atoms with Gasteiger partial charge in [-0.3, -0.25) is 14.2 Å². The van der Waals surface area contributed by atoms with E-state index in [1.807, 2.05) is 0 Å². The lowest BCUT2D eigenvalue weighted by Crippen LogP contribution is -2.07. The molecular formula is C9H8N4OS2. The number of anilines is 1. The number of hydrogen-bond acceptors (Lipinski definition) is 5. The van der Waals surface area contributed by atoms with Crippen molar-refractivity contribution in [3.8, 4) is 11.4 Å². The molecule has 0 atom stereocenters. The van der Waals surface area contributed by atoms with Gasteiger partial charge in [0, 0.05) is 18.7 Å². The van der Waals surface area contributed by atoms with Crippen LogP contribution in [-0.4, -0.2) is 20.2 Å².